The number of rotatable bonds is 6. The summed E-state index contributed by atoms with van der Waals surface area (Å²) >= 11 is 0. The fraction of sp³-hybridized carbons (Fsp3) is 0.417. The molecular weight excluding hydrogens is 367 g/mol. The Bertz CT molecular complexity index is 813. The molecule has 5 heteroatoms. The van der Waals surface area contributed by atoms with Gasteiger partial charge >= 0.3 is 0 Å². The van der Waals surface area contributed by atoms with Crippen LogP contribution in [0.3, 0.4) is 0 Å². The van der Waals surface area contributed by atoms with Gasteiger partial charge in [0.2, 0.25) is 11.8 Å². The predicted octanol–water partition coefficient (Wildman–Crippen LogP) is 5.01. The van der Waals surface area contributed by atoms with E-state index >= 15 is 0 Å². The van der Waals surface area contributed by atoms with E-state index in [1.807, 2.05) is 49.1 Å². The maximum atomic E-state index is 13.1. The predicted molar refractivity (Wildman–Crippen MR) is 113 cm³/mol. The van der Waals surface area contributed by atoms with Crippen LogP contribution in [0.2, 0.25) is 0 Å². The van der Waals surface area contributed by atoms with E-state index in [0.717, 1.165) is 18.4 Å². The Balaban J connectivity index is 1.54. The van der Waals surface area contributed by atoms with Crippen LogP contribution in [0.25, 0.3) is 0 Å². The van der Waals surface area contributed by atoms with Gasteiger partial charge in [-0.2, -0.15) is 0 Å². The summed E-state index contributed by atoms with van der Waals surface area (Å²) in [5.41, 5.74) is 1.73. The summed E-state index contributed by atoms with van der Waals surface area (Å²) < 4.78 is 13.0. The van der Waals surface area contributed by atoms with Crippen LogP contribution >= 0.6 is 0 Å². The fourth-order valence-electron chi connectivity index (χ4n) is 3.91. The molecule has 0 spiro atoms. The van der Waals surface area contributed by atoms with E-state index in [1.54, 1.807) is 12.1 Å². The van der Waals surface area contributed by atoms with E-state index < -0.39 is 0 Å². The van der Waals surface area contributed by atoms with Crippen LogP contribution in [-0.4, -0.2) is 22.8 Å². The van der Waals surface area contributed by atoms with Crippen LogP contribution in [0.5, 0.6) is 0 Å². The van der Waals surface area contributed by atoms with Crippen LogP contribution in [0, 0.1) is 17.7 Å². The molecule has 0 atom stereocenters. The standard InChI is InChI=1S/C24H29FN2O2/c1-17(2)27(16-18-6-4-3-5-7-18)24(29)20-10-8-19(9-11-20)23(28)26-22-14-12-21(25)13-15-22/h3-7,12-15,17,19-20H,8-11,16H2,1-2H3,(H,26,28). The Hall–Kier alpha value is -2.69. The lowest BCUT2D eigenvalue weighted by Crippen LogP contribution is -2.42. The highest BCUT2D eigenvalue weighted by Gasteiger charge is 2.33. The molecule has 1 aliphatic carbocycles. The summed E-state index contributed by atoms with van der Waals surface area (Å²) in [4.78, 5) is 27.6. The molecular formula is C24H29FN2O2. The fourth-order valence-corrected chi connectivity index (χ4v) is 3.91. The van der Waals surface area contributed by atoms with E-state index in [2.05, 4.69) is 5.32 Å². The van der Waals surface area contributed by atoms with E-state index in [-0.39, 0.29) is 35.5 Å². The van der Waals surface area contributed by atoms with Crippen LogP contribution in [0.4, 0.5) is 10.1 Å². The summed E-state index contributed by atoms with van der Waals surface area (Å²) in [6.07, 6.45) is 2.83. The third-order valence-corrected chi connectivity index (χ3v) is 5.66. The number of carbonyl (C=O) groups excluding carboxylic acids is 2. The normalized spacial score (nSPS) is 19.0. The number of anilines is 1. The second kappa shape index (κ2) is 9.68. The van der Waals surface area contributed by atoms with Crippen molar-refractivity contribution in [2.24, 2.45) is 11.8 Å². The van der Waals surface area contributed by atoms with Crippen molar-refractivity contribution in [2.75, 3.05) is 5.32 Å². The summed E-state index contributed by atoms with van der Waals surface area (Å²) in [7, 11) is 0. The molecule has 2 aromatic carbocycles. The Morgan fingerprint density at radius 3 is 2.14 bits per heavy atom. The minimum Gasteiger partial charge on any atom is -0.336 e. The van der Waals surface area contributed by atoms with Crippen molar-refractivity contribution in [3.63, 3.8) is 0 Å². The van der Waals surface area contributed by atoms with Gasteiger partial charge in [-0.15, -0.1) is 0 Å². The monoisotopic (exact) mass is 396 g/mol. The third kappa shape index (κ3) is 5.66. The largest absolute Gasteiger partial charge is 0.336 e. The Morgan fingerprint density at radius 1 is 0.966 bits per heavy atom. The third-order valence-electron chi connectivity index (χ3n) is 5.66. The first-order valence-electron chi connectivity index (χ1n) is 10.3. The maximum Gasteiger partial charge on any atom is 0.227 e. The van der Waals surface area contributed by atoms with E-state index in [0.29, 0.717) is 25.1 Å². The van der Waals surface area contributed by atoms with Crippen molar-refractivity contribution in [1.82, 2.24) is 4.90 Å². The molecule has 0 heterocycles. The van der Waals surface area contributed by atoms with Gasteiger partial charge < -0.3 is 10.2 Å². The lowest BCUT2D eigenvalue weighted by Gasteiger charge is -2.34. The average Bonchev–Trinajstić information content (AvgIpc) is 2.74. The van der Waals surface area contributed by atoms with Gasteiger partial charge in [0.05, 0.1) is 0 Å². The zero-order valence-corrected chi connectivity index (χ0v) is 17.1. The SMILES string of the molecule is CC(C)N(Cc1ccccc1)C(=O)C1CCC(C(=O)Nc2ccc(F)cc2)CC1. The minimum atomic E-state index is -0.327. The highest BCUT2D eigenvalue weighted by atomic mass is 19.1. The summed E-state index contributed by atoms with van der Waals surface area (Å²) in [6, 6.07) is 16.0. The van der Waals surface area contributed by atoms with Crippen LogP contribution in [0.1, 0.15) is 45.1 Å². The quantitative estimate of drug-likeness (QED) is 0.746. The number of carbonyl (C=O) groups is 2. The number of hydrogen-bond acceptors (Lipinski definition) is 2. The Morgan fingerprint density at radius 2 is 1.55 bits per heavy atom. The van der Waals surface area contributed by atoms with Gasteiger partial charge in [0, 0.05) is 30.1 Å². The molecule has 0 aliphatic heterocycles. The molecule has 154 valence electrons. The molecule has 0 radical (unpaired) electrons. The molecule has 1 N–H and O–H groups in total. The molecule has 1 fully saturated rings. The second-order valence-electron chi connectivity index (χ2n) is 8.09. The number of amides is 2. The smallest absolute Gasteiger partial charge is 0.227 e. The van der Waals surface area contributed by atoms with Gasteiger partial charge in [-0.1, -0.05) is 30.3 Å². The zero-order valence-electron chi connectivity index (χ0n) is 17.1. The molecule has 1 saturated carbocycles. The molecule has 4 nitrogen and oxygen atoms in total. The average molecular weight is 397 g/mol. The van der Waals surface area contributed by atoms with Crippen LogP contribution in [-0.2, 0) is 16.1 Å². The van der Waals surface area contributed by atoms with E-state index in [9.17, 15) is 14.0 Å². The van der Waals surface area contributed by atoms with Gasteiger partial charge in [-0.3, -0.25) is 9.59 Å². The van der Waals surface area contributed by atoms with Gasteiger partial charge in [-0.05, 0) is 69.4 Å². The van der Waals surface area contributed by atoms with Crippen LogP contribution < -0.4 is 5.32 Å². The highest BCUT2D eigenvalue weighted by Crippen LogP contribution is 2.31. The highest BCUT2D eigenvalue weighted by molar-refractivity contribution is 5.92. The molecule has 3 rings (SSSR count). The molecule has 0 saturated heterocycles. The molecule has 29 heavy (non-hydrogen) atoms. The first kappa shape index (κ1) is 21.0. The summed E-state index contributed by atoms with van der Waals surface area (Å²) in [6.45, 7) is 4.70. The van der Waals surface area contributed by atoms with Crippen molar-refractivity contribution in [3.05, 3.63) is 66.0 Å². The maximum absolute atomic E-state index is 13.1. The van der Waals surface area contributed by atoms with Crippen molar-refractivity contribution in [2.45, 2.75) is 52.1 Å². The second-order valence-corrected chi connectivity index (χ2v) is 8.09. The van der Waals surface area contributed by atoms with Gasteiger partial charge in [-0.25, -0.2) is 4.39 Å². The molecule has 2 aromatic rings. The van der Waals surface area contributed by atoms with E-state index in [4.69, 9.17) is 0 Å². The number of nitrogens with one attached hydrogen (secondary N) is 1. The van der Waals surface area contributed by atoms with E-state index in [1.165, 1.54) is 12.1 Å². The van der Waals surface area contributed by atoms with Gasteiger partial charge in [0.1, 0.15) is 5.82 Å². The number of hydrogen-bond donors (Lipinski definition) is 1. The topological polar surface area (TPSA) is 49.4 Å². The molecule has 0 bridgehead atoms. The van der Waals surface area contributed by atoms with Crippen molar-refractivity contribution >= 4 is 17.5 Å². The molecule has 0 unspecified atom stereocenters. The summed E-state index contributed by atoms with van der Waals surface area (Å²) in [5, 5.41) is 2.86. The number of nitrogens with zero attached hydrogens (tertiary/aromatic N) is 1. The Labute approximate surface area is 172 Å². The van der Waals surface area contributed by atoms with Gasteiger partial charge in [0.25, 0.3) is 0 Å². The van der Waals surface area contributed by atoms with Gasteiger partial charge in [0.15, 0.2) is 0 Å². The zero-order chi connectivity index (χ0) is 20.8. The summed E-state index contributed by atoms with van der Waals surface area (Å²) in [5.74, 6) is -0.331. The van der Waals surface area contributed by atoms with Crippen molar-refractivity contribution in [3.8, 4) is 0 Å². The first-order valence-corrected chi connectivity index (χ1v) is 10.3. The molecule has 0 aromatic heterocycles. The number of benzene rings is 2. The van der Waals surface area contributed by atoms with Crippen molar-refractivity contribution < 1.29 is 14.0 Å². The molecule has 1 aliphatic rings. The first-order chi connectivity index (χ1) is 13.9. The lowest BCUT2D eigenvalue weighted by molar-refractivity contribution is -0.140. The van der Waals surface area contributed by atoms with Crippen LogP contribution in [0.15, 0.2) is 54.6 Å². The van der Waals surface area contributed by atoms with Crippen molar-refractivity contribution in [1.29, 1.82) is 0 Å². The lowest BCUT2D eigenvalue weighted by atomic mass is 9.80. The minimum absolute atomic E-state index is 0.0315. The number of halogens is 1. The molecule has 2 amide bonds. The Kier molecular flexibility index (Phi) is 7.02.